The molecule has 150 valence electrons. The van der Waals surface area contributed by atoms with Crippen LogP contribution in [0.25, 0.3) is 0 Å². The van der Waals surface area contributed by atoms with E-state index in [1.807, 2.05) is 0 Å². The number of amides is 5. The molecule has 2 heterocycles. The van der Waals surface area contributed by atoms with Gasteiger partial charge in [0.15, 0.2) is 0 Å². The van der Waals surface area contributed by atoms with Crippen LogP contribution in [-0.4, -0.2) is 77.2 Å². The van der Waals surface area contributed by atoms with Crippen molar-refractivity contribution in [2.75, 3.05) is 24.6 Å². The average Bonchev–Trinajstić information content (AvgIpc) is 3.09. The van der Waals surface area contributed by atoms with Gasteiger partial charge in [-0.25, -0.2) is 0 Å². The lowest BCUT2D eigenvalue weighted by atomic mass is 10.2. The summed E-state index contributed by atoms with van der Waals surface area (Å²) in [7, 11) is 2.53. The standard InChI is InChI=1S/C15H23N5O5S2/c1-8(21)18-10-7-27-26-6-9(13(16)23)19-15(25)11-3-2-4-20(11)12(22)5-17-14(10)24/h9-11H,2-7H2,1H3,(H2,16,23)(H,17,24)(H,18,21)(H,19,25)/t9-,10-,11-/m0/s1. The van der Waals surface area contributed by atoms with Crippen LogP contribution in [0.2, 0.25) is 0 Å². The summed E-state index contributed by atoms with van der Waals surface area (Å²) in [6.07, 6.45) is 1.13. The van der Waals surface area contributed by atoms with Gasteiger partial charge in [-0.1, -0.05) is 21.6 Å². The lowest BCUT2D eigenvalue weighted by Gasteiger charge is -2.27. The predicted molar refractivity (Wildman–Crippen MR) is 101 cm³/mol. The summed E-state index contributed by atoms with van der Waals surface area (Å²) in [6, 6.07) is -2.39. The summed E-state index contributed by atoms with van der Waals surface area (Å²) in [5, 5.41) is 7.68. The topological polar surface area (TPSA) is 151 Å². The van der Waals surface area contributed by atoms with Crippen molar-refractivity contribution in [1.29, 1.82) is 0 Å². The fourth-order valence-corrected chi connectivity index (χ4v) is 5.19. The summed E-state index contributed by atoms with van der Waals surface area (Å²) in [6.45, 7) is 1.43. The van der Waals surface area contributed by atoms with Crippen LogP contribution in [0.4, 0.5) is 0 Å². The van der Waals surface area contributed by atoms with Gasteiger partial charge in [-0.15, -0.1) is 0 Å². The Kier molecular flexibility index (Phi) is 7.78. The fourth-order valence-electron chi connectivity index (χ4n) is 2.85. The second-order valence-electron chi connectivity index (χ2n) is 6.25. The first-order valence-electron chi connectivity index (χ1n) is 8.48. The lowest BCUT2D eigenvalue weighted by molar-refractivity contribution is -0.139. The van der Waals surface area contributed by atoms with Crippen LogP contribution in [0, 0.1) is 0 Å². The van der Waals surface area contributed by atoms with Crippen molar-refractivity contribution in [3.05, 3.63) is 0 Å². The molecule has 0 saturated carbocycles. The Morgan fingerprint density at radius 3 is 2.56 bits per heavy atom. The molecule has 5 N–H and O–H groups in total. The number of carbonyl (C=O) groups is 5. The zero-order valence-corrected chi connectivity index (χ0v) is 16.5. The minimum Gasteiger partial charge on any atom is -0.368 e. The highest BCUT2D eigenvalue weighted by molar-refractivity contribution is 8.76. The van der Waals surface area contributed by atoms with Crippen molar-refractivity contribution in [2.24, 2.45) is 5.73 Å². The Morgan fingerprint density at radius 2 is 1.89 bits per heavy atom. The Labute approximate surface area is 164 Å². The summed E-state index contributed by atoms with van der Waals surface area (Å²) in [5.74, 6) is -1.88. The molecule has 2 fully saturated rings. The number of fused-ring (bicyclic) bond motifs is 1. The SMILES string of the molecule is CC(=O)N[C@H]1CSSC[C@@H](C(N)=O)NC(=O)[C@@H]2CCCN2C(=O)CNC1=O. The number of rotatable bonds is 2. The lowest BCUT2D eigenvalue weighted by Crippen LogP contribution is -2.55. The molecule has 2 aliphatic heterocycles. The molecule has 0 radical (unpaired) electrons. The Balaban J connectivity index is 2.17. The van der Waals surface area contributed by atoms with Crippen LogP contribution >= 0.6 is 21.6 Å². The van der Waals surface area contributed by atoms with Crippen LogP contribution in [0.3, 0.4) is 0 Å². The molecule has 0 aromatic rings. The van der Waals surface area contributed by atoms with Gasteiger partial charge in [-0.2, -0.15) is 0 Å². The molecule has 0 aromatic heterocycles. The van der Waals surface area contributed by atoms with E-state index < -0.39 is 41.8 Å². The summed E-state index contributed by atoms with van der Waals surface area (Å²) < 4.78 is 0. The van der Waals surface area contributed by atoms with E-state index in [4.69, 9.17) is 5.73 Å². The van der Waals surface area contributed by atoms with Crippen LogP contribution in [0.1, 0.15) is 19.8 Å². The highest BCUT2D eigenvalue weighted by Gasteiger charge is 2.36. The van der Waals surface area contributed by atoms with Gasteiger partial charge in [0.05, 0.1) is 6.54 Å². The molecule has 27 heavy (non-hydrogen) atoms. The van der Waals surface area contributed by atoms with Crippen molar-refractivity contribution >= 4 is 51.1 Å². The average molecular weight is 418 g/mol. The van der Waals surface area contributed by atoms with Gasteiger partial charge in [-0.3, -0.25) is 24.0 Å². The highest BCUT2D eigenvalue weighted by Crippen LogP contribution is 2.24. The zero-order valence-electron chi connectivity index (χ0n) is 14.9. The highest BCUT2D eigenvalue weighted by atomic mass is 33.1. The quantitative estimate of drug-likeness (QED) is 0.378. The monoisotopic (exact) mass is 417 g/mol. The van der Waals surface area contributed by atoms with E-state index in [9.17, 15) is 24.0 Å². The molecule has 12 heteroatoms. The third-order valence-corrected chi connectivity index (χ3v) is 6.62. The van der Waals surface area contributed by atoms with E-state index >= 15 is 0 Å². The van der Waals surface area contributed by atoms with Gasteiger partial charge in [0.2, 0.25) is 29.5 Å². The van der Waals surface area contributed by atoms with E-state index in [-0.39, 0.29) is 24.0 Å². The summed E-state index contributed by atoms with van der Waals surface area (Å²) >= 11 is 0. The van der Waals surface area contributed by atoms with Crippen LogP contribution in [0.15, 0.2) is 0 Å². The maximum atomic E-state index is 12.5. The van der Waals surface area contributed by atoms with Gasteiger partial charge >= 0.3 is 0 Å². The fraction of sp³-hybridized carbons (Fsp3) is 0.667. The van der Waals surface area contributed by atoms with Gasteiger partial charge in [0.1, 0.15) is 18.1 Å². The van der Waals surface area contributed by atoms with Gasteiger partial charge < -0.3 is 26.6 Å². The van der Waals surface area contributed by atoms with Crippen molar-refractivity contribution < 1.29 is 24.0 Å². The Bertz CT molecular complexity index is 632. The molecule has 3 atom stereocenters. The third kappa shape index (κ3) is 6.03. The molecule has 2 saturated heterocycles. The largest absolute Gasteiger partial charge is 0.368 e. The zero-order chi connectivity index (χ0) is 20.0. The minimum absolute atomic E-state index is 0.209. The number of nitrogens with zero attached hydrogens (tertiary/aromatic N) is 1. The number of nitrogens with one attached hydrogen (secondary N) is 3. The predicted octanol–water partition coefficient (Wildman–Crippen LogP) is -2.04. The molecule has 5 amide bonds. The normalized spacial score (nSPS) is 27.8. The number of nitrogens with two attached hydrogens (primary N) is 1. The maximum Gasteiger partial charge on any atom is 0.243 e. The molecular weight excluding hydrogens is 394 g/mol. The first-order valence-corrected chi connectivity index (χ1v) is 11.0. The number of hydrogen-bond donors (Lipinski definition) is 4. The van der Waals surface area contributed by atoms with E-state index in [0.29, 0.717) is 19.4 Å². The van der Waals surface area contributed by atoms with Crippen molar-refractivity contribution in [2.45, 2.75) is 37.9 Å². The molecular formula is C15H23N5O5S2. The smallest absolute Gasteiger partial charge is 0.243 e. The van der Waals surface area contributed by atoms with E-state index in [2.05, 4.69) is 16.0 Å². The summed E-state index contributed by atoms with van der Waals surface area (Å²) in [5.41, 5.74) is 5.37. The Morgan fingerprint density at radius 1 is 1.19 bits per heavy atom. The van der Waals surface area contributed by atoms with Crippen LogP contribution in [-0.2, 0) is 24.0 Å². The van der Waals surface area contributed by atoms with Crippen molar-refractivity contribution in [3.63, 3.8) is 0 Å². The molecule has 0 unspecified atom stereocenters. The first kappa shape index (κ1) is 21.4. The van der Waals surface area contributed by atoms with Gasteiger partial charge in [0.25, 0.3) is 0 Å². The van der Waals surface area contributed by atoms with Crippen molar-refractivity contribution in [1.82, 2.24) is 20.9 Å². The number of hydrogen-bond acceptors (Lipinski definition) is 7. The molecule has 2 aliphatic rings. The van der Waals surface area contributed by atoms with Crippen molar-refractivity contribution in [3.8, 4) is 0 Å². The van der Waals surface area contributed by atoms with Crippen LogP contribution in [0.5, 0.6) is 0 Å². The Hall–Kier alpha value is -1.95. The molecule has 10 nitrogen and oxygen atoms in total. The maximum absolute atomic E-state index is 12.5. The van der Waals surface area contributed by atoms with Gasteiger partial charge in [0, 0.05) is 25.0 Å². The molecule has 0 bridgehead atoms. The molecule has 0 spiro atoms. The van der Waals surface area contributed by atoms with E-state index in [1.165, 1.54) is 33.4 Å². The first-order chi connectivity index (χ1) is 12.8. The molecule has 0 aromatic carbocycles. The second kappa shape index (κ2) is 9.83. The van der Waals surface area contributed by atoms with Crippen LogP contribution < -0.4 is 21.7 Å². The van der Waals surface area contributed by atoms with E-state index in [0.717, 1.165) is 0 Å². The third-order valence-electron chi connectivity index (χ3n) is 4.20. The molecule has 2 rings (SSSR count). The number of carbonyl (C=O) groups excluding carboxylic acids is 5. The molecule has 0 aliphatic carbocycles. The van der Waals surface area contributed by atoms with Gasteiger partial charge in [-0.05, 0) is 12.8 Å². The second-order valence-corrected chi connectivity index (χ2v) is 8.80. The summed E-state index contributed by atoms with van der Waals surface area (Å²) in [4.78, 5) is 61.6. The van der Waals surface area contributed by atoms with E-state index in [1.54, 1.807) is 0 Å². The minimum atomic E-state index is -0.886. The number of primary amides is 1.